The molecule has 126 valence electrons. The maximum absolute atomic E-state index is 13.2. The van der Waals surface area contributed by atoms with E-state index in [2.05, 4.69) is 4.74 Å². The zero-order valence-electron chi connectivity index (χ0n) is 11.6. The molecule has 21 heavy (non-hydrogen) atoms. The molecule has 0 atom stereocenters. The van der Waals surface area contributed by atoms with Crippen molar-refractivity contribution < 1.29 is 40.3 Å². The minimum absolute atomic E-state index is 0.484. The van der Waals surface area contributed by atoms with Crippen LogP contribution in [-0.4, -0.2) is 30.6 Å². The largest absolute Gasteiger partial charge is 0.465 e. The van der Waals surface area contributed by atoms with Crippen LogP contribution in [-0.2, 0) is 9.53 Å². The summed E-state index contributed by atoms with van der Waals surface area (Å²) >= 11 is 0. The van der Waals surface area contributed by atoms with Crippen LogP contribution in [0.4, 0.5) is 30.7 Å². The fourth-order valence-electron chi connectivity index (χ4n) is 1.30. The third-order valence-electron chi connectivity index (χ3n) is 2.61. The van der Waals surface area contributed by atoms with Crippen molar-refractivity contribution in [2.75, 3.05) is 6.61 Å². The molecule has 0 amide bonds. The molecule has 0 rings (SSSR count). The lowest BCUT2D eigenvalue weighted by atomic mass is 10.0. The Morgan fingerprint density at radius 2 is 1.38 bits per heavy atom. The Morgan fingerprint density at radius 1 is 0.905 bits per heavy atom. The number of hydrogen-bond acceptors (Lipinski definition) is 2. The molecule has 0 bridgehead atoms. The van der Waals surface area contributed by atoms with Gasteiger partial charge in [-0.2, -0.15) is 30.7 Å². The molecule has 0 aliphatic rings. The predicted molar refractivity (Wildman–Crippen MR) is 60.2 cm³/mol. The monoisotopic (exact) mass is 326 g/mol. The van der Waals surface area contributed by atoms with Crippen molar-refractivity contribution in [3.8, 4) is 0 Å². The SMILES string of the molecule is CC(C)C(=O)OCCCC(F)(F)C(F)(F)CCC(F)(F)F. The molecule has 0 aromatic rings. The van der Waals surface area contributed by atoms with Crippen molar-refractivity contribution in [2.24, 2.45) is 5.92 Å². The average Bonchev–Trinajstić information content (AvgIpc) is 2.30. The molecule has 0 radical (unpaired) electrons. The van der Waals surface area contributed by atoms with Crippen LogP contribution in [0.25, 0.3) is 0 Å². The Morgan fingerprint density at radius 3 is 1.81 bits per heavy atom. The first kappa shape index (κ1) is 20.0. The maximum atomic E-state index is 13.2. The van der Waals surface area contributed by atoms with E-state index in [1.54, 1.807) is 0 Å². The maximum Gasteiger partial charge on any atom is 0.389 e. The molecule has 0 fully saturated rings. The van der Waals surface area contributed by atoms with Crippen LogP contribution >= 0.6 is 0 Å². The highest BCUT2D eigenvalue weighted by atomic mass is 19.4. The topological polar surface area (TPSA) is 26.3 Å². The Kier molecular flexibility index (Phi) is 6.95. The number of esters is 1. The Bertz CT molecular complexity index is 337. The number of ether oxygens (including phenoxy) is 1. The van der Waals surface area contributed by atoms with Gasteiger partial charge in [-0.3, -0.25) is 4.79 Å². The Labute approximate surface area is 117 Å². The Hall–Kier alpha value is -1.02. The summed E-state index contributed by atoms with van der Waals surface area (Å²) in [6.45, 7) is 2.52. The van der Waals surface area contributed by atoms with Crippen LogP contribution < -0.4 is 0 Å². The minimum atomic E-state index is -4.92. The van der Waals surface area contributed by atoms with Crippen molar-refractivity contribution in [1.29, 1.82) is 0 Å². The third kappa shape index (κ3) is 7.52. The van der Waals surface area contributed by atoms with Gasteiger partial charge in [0.15, 0.2) is 0 Å². The van der Waals surface area contributed by atoms with E-state index in [0.29, 0.717) is 0 Å². The lowest BCUT2D eigenvalue weighted by molar-refractivity contribution is -0.231. The molecular weight excluding hydrogens is 309 g/mol. The second-order valence-electron chi connectivity index (χ2n) is 4.95. The van der Waals surface area contributed by atoms with Gasteiger partial charge in [-0.1, -0.05) is 13.8 Å². The summed E-state index contributed by atoms with van der Waals surface area (Å²) in [5, 5.41) is 0. The number of halogens is 7. The van der Waals surface area contributed by atoms with Crippen LogP contribution in [0.1, 0.15) is 39.5 Å². The quantitative estimate of drug-likeness (QED) is 0.371. The summed E-state index contributed by atoms with van der Waals surface area (Å²) in [5.41, 5.74) is 0. The van der Waals surface area contributed by atoms with Gasteiger partial charge in [0, 0.05) is 19.3 Å². The van der Waals surface area contributed by atoms with Crippen molar-refractivity contribution >= 4 is 5.97 Å². The van der Waals surface area contributed by atoms with Crippen molar-refractivity contribution in [1.82, 2.24) is 0 Å². The first-order chi connectivity index (χ1) is 9.28. The van der Waals surface area contributed by atoms with Crippen LogP contribution in [0.5, 0.6) is 0 Å². The Balaban J connectivity index is 4.30. The van der Waals surface area contributed by atoms with Gasteiger partial charge >= 0.3 is 24.0 Å². The summed E-state index contributed by atoms with van der Waals surface area (Å²) in [6.07, 6.45) is -10.8. The number of rotatable bonds is 8. The minimum Gasteiger partial charge on any atom is -0.465 e. The zero-order valence-corrected chi connectivity index (χ0v) is 11.6. The van der Waals surface area contributed by atoms with Gasteiger partial charge in [-0.05, 0) is 6.42 Å². The summed E-state index contributed by atoms with van der Waals surface area (Å²) in [5.74, 6) is -10.5. The number of alkyl halides is 7. The van der Waals surface area contributed by atoms with E-state index in [-0.39, 0.29) is 0 Å². The van der Waals surface area contributed by atoms with Crippen LogP contribution in [0.15, 0.2) is 0 Å². The van der Waals surface area contributed by atoms with Gasteiger partial charge in [0.25, 0.3) is 0 Å². The highest BCUT2D eigenvalue weighted by molar-refractivity contribution is 5.71. The van der Waals surface area contributed by atoms with Crippen molar-refractivity contribution in [2.45, 2.75) is 57.6 Å². The summed E-state index contributed by atoms with van der Waals surface area (Å²) < 4.78 is 92.5. The number of carbonyl (C=O) groups is 1. The lowest BCUT2D eigenvalue weighted by Gasteiger charge is -2.27. The van der Waals surface area contributed by atoms with Gasteiger partial charge in [-0.25, -0.2) is 0 Å². The lowest BCUT2D eigenvalue weighted by Crippen LogP contribution is -2.41. The fourth-order valence-corrected chi connectivity index (χ4v) is 1.30. The molecule has 0 heterocycles. The molecule has 0 saturated heterocycles. The molecule has 0 saturated carbocycles. The van der Waals surface area contributed by atoms with Gasteiger partial charge in [0.05, 0.1) is 12.5 Å². The number of hydrogen-bond donors (Lipinski definition) is 0. The molecular formula is C12H17F7O2. The normalized spacial score (nSPS) is 13.6. The van der Waals surface area contributed by atoms with E-state index < -0.39 is 62.2 Å². The molecule has 0 spiro atoms. The van der Waals surface area contributed by atoms with Gasteiger partial charge in [0.1, 0.15) is 0 Å². The molecule has 0 unspecified atom stereocenters. The van der Waals surface area contributed by atoms with Gasteiger partial charge in [-0.15, -0.1) is 0 Å². The summed E-state index contributed by atoms with van der Waals surface area (Å²) in [6, 6.07) is 0. The van der Waals surface area contributed by atoms with Gasteiger partial charge in [0.2, 0.25) is 0 Å². The van der Waals surface area contributed by atoms with Crippen LogP contribution in [0.2, 0.25) is 0 Å². The van der Waals surface area contributed by atoms with Crippen molar-refractivity contribution in [3.63, 3.8) is 0 Å². The van der Waals surface area contributed by atoms with E-state index in [1.165, 1.54) is 13.8 Å². The second-order valence-corrected chi connectivity index (χ2v) is 4.95. The molecule has 0 aromatic heterocycles. The highest BCUT2D eigenvalue weighted by Gasteiger charge is 2.56. The van der Waals surface area contributed by atoms with E-state index >= 15 is 0 Å². The molecule has 0 aromatic carbocycles. The smallest absolute Gasteiger partial charge is 0.389 e. The number of carbonyl (C=O) groups excluding carboxylic acids is 1. The standard InChI is InChI=1S/C12H17F7O2/c1-8(2)9(20)21-7-3-4-10(13,14)11(15,16)5-6-12(17,18)19/h8H,3-7H2,1-2H3. The van der Waals surface area contributed by atoms with Gasteiger partial charge < -0.3 is 4.74 Å². The zero-order chi connectivity index (χ0) is 16.9. The summed E-state index contributed by atoms with van der Waals surface area (Å²) in [7, 11) is 0. The van der Waals surface area contributed by atoms with Crippen LogP contribution in [0, 0.1) is 5.92 Å². The van der Waals surface area contributed by atoms with E-state index in [4.69, 9.17) is 0 Å². The molecule has 0 N–H and O–H groups in total. The van der Waals surface area contributed by atoms with E-state index in [9.17, 15) is 35.5 Å². The van der Waals surface area contributed by atoms with Crippen molar-refractivity contribution in [3.05, 3.63) is 0 Å². The molecule has 0 aliphatic heterocycles. The average molecular weight is 326 g/mol. The molecule has 9 heteroatoms. The highest BCUT2D eigenvalue weighted by Crippen LogP contribution is 2.42. The predicted octanol–water partition coefficient (Wildman–Crippen LogP) is 4.58. The first-order valence-corrected chi connectivity index (χ1v) is 6.27. The van der Waals surface area contributed by atoms with Crippen LogP contribution in [0.3, 0.4) is 0 Å². The van der Waals surface area contributed by atoms with E-state index in [1.807, 2.05) is 0 Å². The van der Waals surface area contributed by atoms with E-state index in [0.717, 1.165) is 0 Å². The summed E-state index contributed by atoms with van der Waals surface area (Å²) in [4.78, 5) is 11.0. The molecule has 0 aliphatic carbocycles. The molecule has 2 nitrogen and oxygen atoms in total. The first-order valence-electron chi connectivity index (χ1n) is 6.27. The third-order valence-corrected chi connectivity index (χ3v) is 2.61. The second kappa shape index (κ2) is 7.31. The fraction of sp³-hybridized carbons (Fsp3) is 0.917.